The van der Waals surface area contributed by atoms with Crippen LogP contribution in [0.15, 0.2) is 34.9 Å². The normalized spacial score (nSPS) is 13.3. The number of anilines is 1. The number of carbonyl (C=O) groups is 3. The molecular formula is C17H17N3O5. The monoisotopic (exact) mass is 343 g/mol. The first-order chi connectivity index (χ1) is 12.0. The summed E-state index contributed by atoms with van der Waals surface area (Å²) in [7, 11) is 0. The molecule has 1 heterocycles. The SMILES string of the molecule is O=C(O)CNC(=O)Cc1ccc(NC(=O)c2cc(C3CC3)on2)cc1. The summed E-state index contributed by atoms with van der Waals surface area (Å²) < 4.78 is 5.15. The second-order valence-electron chi connectivity index (χ2n) is 5.89. The van der Waals surface area contributed by atoms with E-state index in [1.807, 2.05) is 0 Å². The first-order valence-corrected chi connectivity index (χ1v) is 7.86. The number of benzene rings is 1. The van der Waals surface area contributed by atoms with Crippen LogP contribution < -0.4 is 10.6 Å². The van der Waals surface area contributed by atoms with Gasteiger partial charge in [-0.3, -0.25) is 14.4 Å². The van der Waals surface area contributed by atoms with Gasteiger partial charge < -0.3 is 20.3 Å². The summed E-state index contributed by atoms with van der Waals surface area (Å²) in [5.41, 5.74) is 1.51. The van der Waals surface area contributed by atoms with Crippen molar-refractivity contribution in [1.82, 2.24) is 10.5 Å². The highest BCUT2D eigenvalue weighted by molar-refractivity contribution is 6.02. The third-order valence-corrected chi connectivity index (χ3v) is 3.75. The van der Waals surface area contributed by atoms with Gasteiger partial charge in [-0.05, 0) is 30.5 Å². The molecule has 0 aliphatic heterocycles. The maximum Gasteiger partial charge on any atom is 0.322 e. The average Bonchev–Trinajstić information content (AvgIpc) is 3.31. The number of carboxylic acid groups (broad SMARTS) is 1. The number of nitrogens with one attached hydrogen (secondary N) is 2. The third-order valence-electron chi connectivity index (χ3n) is 3.75. The summed E-state index contributed by atoms with van der Waals surface area (Å²) in [5.74, 6) is -0.699. The van der Waals surface area contributed by atoms with E-state index in [0.717, 1.165) is 18.6 Å². The minimum Gasteiger partial charge on any atom is -0.480 e. The van der Waals surface area contributed by atoms with E-state index in [2.05, 4.69) is 15.8 Å². The fourth-order valence-corrected chi connectivity index (χ4v) is 2.28. The van der Waals surface area contributed by atoms with Crippen LogP contribution in [0.3, 0.4) is 0 Å². The number of carbonyl (C=O) groups excluding carboxylic acids is 2. The molecule has 0 spiro atoms. The standard InChI is InChI=1S/C17H17N3O5/c21-15(18-9-16(22)23)7-10-1-5-12(6-2-10)19-17(24)13-8-14(25-20-13)11-3-4-11/h1-2,5-6,8,11H,3-4,7,9H2,(H,18,21)(H,19,24)(H,22,23). The number of hydrogen-bond donors (Lipinski definition) is 3. The second-order valence-corrected chi connectivity index (χ2v) is 5.89. The summed E-state index contributed by atoms with van der Waals surface area (Å²) in [4.78, 5) is 34.1. The highest BCUT2D eigenvalue weighted by atomic mass is 16.5. The molecule has 1 aliphatic rings. The van der Waals surface area contributed by atoms with Crippen molar-refractivity contribution in [1.29, 1.82) is 0 Å². The van der Waals surface area contributed by atoms with Gasteiger partial charge in [0, 0.05) is 17.7 Å². The zero-order chi connectivity index (χ0) is 17.8. The van der Waals surface area contributed by atoms with Crippen LogP contribution in [-0.2, 0) is 16.0 Å². The quantitative estimate of drug-likeness (QED) is 0.701. The second kappa shape index (κ2) is 7.16. The van der Waals surface area contributed by atoms with Crippen LogP contribution in [0.25, 0.3) is 0 Å². The van der Waals surface area contributed by atoms with E-state index in [0.29, 0.717) is 17.2 Å². The number of amides is 2. The Hall–Kier alpha value is -3.16. The van der Waals surface area contributed by atoms with E-state index < -0.39 is 12.5 Å². The molecule has 3 N–H and O–H groups in total. The topological polar surface area (TPSA) is 122 Å². The van der Waals surface area contributed by atoms with Crippen molar-refractivity contribution >= 4 is 23.5 Å². The minimum absolute atomic E-state index is 0.0650. The predicted molar refractivity (Wildman–Crippen MR) is 87.2 cm³/mol. The van der Waals surface area contributed by atoms with Gasteiger partial charge in [-0.15, -0.1) is 0 Å². The maximum absolute atomic E-state index is 12.1. The van der Waals surface area contributed by atoms with Crippen LogP contribution in [0.5, 0.6) is 0 Å². The van der Waals surface area contributed by atoms with Gasteiger partial charge in [-0.1, -0.05) is 17.3 Å². The van der Waals surface area contributed by atoms with Crippen molar-refractivity contribution in [2.75, 3.05) is 11.9 Å². The zero-order valence-electron chi connectivity index (χ0n) is 13.3. The summed E-state index contributed by atoms with van der Waals surface area (Å²) in [6.45, 7) is -0.409. The Morgan fingerprint density at radius 2 is 1.92 bits per heavy atom. The third kappa shape index (κ3) is 4.66. The average molecular weight is 343 g/mol. The molecule has 0 radical (unpaired) electrons. The van der Waals surface area contributed by atoms with E-state index in [4.69, 9.17) is 9.63 Å². The lowest BCUT2D eigenvalue weighted by Crippen LogP contribution is -2.30. The Labute approximate surface area is 143 Å². The van der Waals surface area contributed by atoms with Gasteiger partial charge >= 0.3 is 5.97 Å². The Kier molecular flexibility index (Phi) is 4.78. The van der Waals surface area contributed by atoms with Crippen LogP contribution in [0, 0.1) is 0 Å². The minimum atomic E-state index is -1.09. The Bertz CT molecular complexity index is 793. The number of nitrogens with zero attached hydrogens (tertiary/aromatic N) is 1. The number of aliphatic carboxylic acids is 1. The largest absolute Gasteiger partial charge is 0.480 e. The lowest BCUT2D eigenvalue weighted by Gasteiger charge is -2.05. The van der Waals surface area contributed by atoms with E-state index in [9.17, 15) is 14.4 Å². The molecule has 25 heavy (non-hydrogen) atoms. The van der Waals surface area contributed by atoms with Gasteiger partial charge in [0.05, 0.1) is 6.42 Å². The van der Waals surface area contributed by atoms with Gasteiger partial charge in [-0.2, -0.15) is 0 Å². The molecule has 3 rings (SSSR count). The highest BCUT2D eigenvalue weighted by Gasteiger charge is 2.28. The number of hydrogen-bond acceptors (Lipinski definition) is 5. The van der Waals surface area contributed by atoms with E-state index in [-0.39, 0.29) is 23.9 Å². The fourth-order valence-electron chi connectivity index (χ4n) is 2.28. The Morgan fingerprint density at radius 1 is 1.20 bits per heavy atom. The number of carboxylic acids is 1. The van der Waals surface area contributed by atoms with Crippen molar-refractivity contribution in [3.05, 3.63) is 47.3 Å². The van der Waals surface area contributed by atoms with E-state index in [1.165, 1.54) is 0 Å². The smallest absolute Gasteiger partial charge is 0.322 e. The summed E-state index contributed by atoms with van der Waals surface area (Å²) in [5, 5.41) is 17.3. The Balaban J connectivity index is 1.53. The van der Waals surface area contributed by atoms with Gasteiger partial charge in [0.15, 0.2) is 5.69 Å². The molecule has 1 aliphatic carbocycles. The molecule has 0 bridgehead atoms. The van der Waals surface area contributed by atoms with Gasteiger partial charge in [0.2, 0.25) is 5.91 Å². The lowest BCUT2D eigenvalue weighted by atomic mass is 10.1. The summed E-state index contributed by atoms with van der Waals surface area (Å²) in [6, 6.07) is 8.37. The first kappa shape index (κ1) is 16.7. The molecular weight excluding hydrogens is 326 g/mol. The van der Waals surface area contributed by atoms with Crippen molar-refractivity contribution < 1.29 is 24.0 Å². The van der Waals surface area contributed by atoms with Gasteiger partial charge in [0.25, 0.3) is 5.91 Å². The zero-order valence-corrected chi connectivity index (χ0v) is 13.3. The molecule has 0 saturated heterocycles. The van der Waals surface area contributed by atoms with Crippen LogP contribution in [0.1, 0.15) is 40.6 Å². The molecule has 8 nitrogen and oxygen atoms in total. The maximum atomic E-state index is 12.1. The van der Waals surface area contributed by atoms with E-state index in [1.54, 1.807) is 30.3 Å². The first-order valence-electron chi connectivity index (χ1n) is 7.86. The van der Waals surface area contributed by atoms with Crippen molar-refractivity contribution in [2.45, 2.75) is 25.2 Å². The van der Waals surface area contributed by atoms with Gasteiger partial charge in [0.1, 0.15) is 12.3 Å². The molecule has 2 aromatic rings. The molecule has 1 aromatic heterocycles. The predicted octanol–water partition coefficient (Wildman–Crippen LogP) is 1.55. The van der Waals surface area contributed by atoms with Crippen LogP contribution >= 0.6 is 0 Å². The summed E-state index contributed by atoms with van der Waals surface area (Å²) in [6.07, 6.45) is 2.20. The van der Waals surface area contributed by atoms with Gasteiger partial charge in [-0.25, -0.2) is 0 Å². The Morgan fingerprint density at radius 3 is 2.56 bits per heavy atom. The van der Waals surface area contributed by atoms with E-state index >= 15 is 0 Å². The molecule has 0 atom stereocenters. The van der Waals surface area contributed by atoms with Crippen LogP contribution in [-0.4, -0.2) is 34.6 Å². The van der Waals surface area contributed by atoms with Crippen molar-refractivity contribution in [3.8, 4) is 0 Å². The molecule has 0 unspecified atom stereocenters. The van der Waals surface area contributed by atoms with Crippen LogP contribution in [0.4, 0.5) is 5.69 Å². The highest BCUT2D eigenvalue weighted by Crippen LogP contribution is 2.40. The van der Waals surface area contributed by atoms with Crippen molar-refractivity contribution in [2.24, 2.45) is 0 Å². The summed E-state index contributed by atoms with van der Waals surface area (Å²) >= 11 is 0. The molecule has 2 amide bonds. The van der Waals surface area contributed by atoms with Crippen molar-refractivity contribution in [3.63, 3.8) is 0 Å². The molecule has 1 aromatic carbocycles. The lowest BCUT2D eigenvalue weighted by molar-refractivity contribution is -0.137. The molecule has 8 heteroatoms. The number of aromatic nitrogens is 1. The molecule has 1 saturated carbocycles. The fraction of sp³-hybridized carbons (Fsp3) is 0.294. The molecule has 130 valence electrons. The molecule has 1 fully saturated rings. The van der Waals surface area contributed by atoms with Crippen LogP contribution in [0.2, 0.25) is 0 Å². The number of rotatable bonds is 7.